The number of carbonyl (C=O) groups is 2. The molecule has 1 N–H and O–H groups in total. The van der Waals surface area contributed by atoms with Crippen molar-refractivity contribution >= 4 is 44.7 Å². The number of hydrogen-bond donors (Lipinski definition) is 1. The molecular weight excluding hydrogens is 450 g/mol. The van der Waals surface area contributed by atoms with Crippen molar-refractivity contribution in [2.24, 2.45) is 0 Å². The van der Waals surface area contributed by atoms with Gasteiger partial charge in [-0.2, -0.15) is 0 Å². The Morgan fingerprint density at radius 1 is 1.06 bits per heavy atom. The standard InChI is InChI=1S/C26H25N3O2S2/c30-24(23-13-7-15-32-23)27-21(16-18-8-2-1-3-9-18)26(31)29-14-6-10-19(17-29)25-28-20-11-4-5-12-22(20)33-25/h1-5,7-9,11-13,15,19,21H,6,10,14,16-17H2,(H,27,30)/t19-,21-/m1/s1. The van der Waals surface area contributed by atoms with E-state index in [-0.39, 0.29) is 17.7 Å². The monoisotopic (exact) mass is 475 g/mol. The molecule has 1 saturated heterocycles. The van der Waals surface area contributed by atoms with Gasteiger partial charge in [0.2, 0.25) is 5.91 Å². The fourth-order valence-corrected chi connectivity index (χ4v) is 6.07. The lowest BCUT2D eigenvalue weighted by Crippen LogP contribution is -2.51. The summed E-state index contributed by atoms with van der Waals surface area (Å²) in [4.78, 5) is 33.8. The molecule has 5 rings (SSSR count). The van der Waals surface area contributed by atoms with E-state index in [4.69, 9.17) is 4.98 Å². The van der Waals surface area contributed by atoms with Gasteiger partial charge in [0.1, 0.15) is 6.04 Å². The van der Waals surface area contributed by atoms with E-state index in [9.17, 15) is 9.59 Å². The minimum absolute atomic E-state index is 0.0189. The average Bonchev–Trinajstić information content (AvgIpc) is 3.54. The Kier molecular flexibility index (Phi) is 6.51. The number of aromatic nitrogens is 1. The third-order valence-corrected chi connectivity index (χ3v) is 8.09. The summed E-state index contributed by atoms with van der Waals surface area (Å²) in [5, 5.41) is 5.97. The zero-order valence-electron chi connectivity index (χ0n) is 18.1. The van der Waals surface area contributed by atoms with Crippen LogP contribution in [0.4, 0.5) is 0 Å². The second-order valence-corrected chi connectivity index (χ2v) is 10.3. The maximum Gasteiger partial charge on any atom is 0.262 e. The molecule has 0 spiro atoms. The van der Waals surface area contributed by atoms with Crippen LogP contribution >= 0.6 is 22.7 Å². The average molecular weight is 476 g/mol. The molecule has 5 nitrogen and oxygen atoms in total. The summed E-state index contributed by atoms with van der Waals surface area (Å²) in [6.45, 7) is 1.35. The molecule has 7 heteroatoms. The Labute approximate surface area is 201 Å². The highest BCUT2D eigenvalue weighted by molar-refractivity contribution is 7.18. The molecule has 0 aliphatic carbocycles. The van der Waals surface area contributed by atoms with Gasteiger partial charge in [-0.25, -0.2) is 4.98 Å². The van der Waals surface area contributed by atoms with Crippen molar-refractivity contribution in [2.45, 2.75) is 31.2 Å². The lowest BCUT2D eigenvalue weighted by atomic mass is 9.97. The second-order valence-electron chi connectivity index (χ2n) is 8.34. The molecule has 0 bridgehead atoms. The highest BCUT2D eigenvalue weighted by Gasteiger charge is 2.32. The smallest absolute Gasteiger partial charge is 0.262 e. The van der Waals surface area contributed by atoms with Gasteiger partial charge in [0, 0.05) is 25.4 Å². The molecule has 0 unspecified atom stereocenters. The minimum Gasteiger partial charge on any atom is -0.340 e. The van der Waals surface area contributed by atoms with E-state index in [0.717, 1.165) is 28.9 Å². The highest BCUT2D eigenvalue weighted by atomic mass is 32.1. The van der Waals surface area contributed by atoms with Gasteiger partial charge in [-0.1, -0.05) is 48.5 Å². The van der Waals surface area contributed by atoms with Crippen LogP contribution in [0.2, 0.25) is 0 Å². The van der Waals surface area contributed by atoms with Crippen LogP contribution in [0, 0.1) is 0 Å². The Hall–Kier alpha value is -3.03. The predicted octanol–water partition coefficient (Wildman–Crippen LogP) is 5.11. The van der Waals surface area contributed by atoms with Crippen LogP contribution in [0.25, 0.3) is 10.2 Å². The summed E-state index contributed by atoms with van der Waals surface area (Å²) in [5.74, 6) is 0.0130. The molecule has 2 aromatic heterocycles. The van der Waals surface area contributed by atoms with Gasteiger partial charge in [-0.05, 0) is 42.0 Å². The van der Waals surface area contributed by atoms with Crippen molar-refractivity contribution in [1.29, 1.82) is 0 Å². The van der Waals surface area contributed by atoms with Gasteiger partial charge in [0.15, 0.2) is 0 Å². The highest BCUT2D eigenvalue weighted by Crippen LogP contribution is 2.33. The summed E-state index contributed by atoms with van der Waals surface area (Å²) >= 11 is 3.10. The summed E-state index contributed by atoms with van der Waals surface area (Å²) < 4.78 is 1.18. The lowest BCUT2D eigenvalue weighted by molar-refractivity contribution is -0.134. The topological polar surface area (TPSA) is 62.3 Å². The van der Waals surface area contributed by atoms with Gasteiger partial charge in [0.25, 0.3) is 5.91 Å². The van der Waals surface area contributed by atoms with Crippen LogP contribution in [-0.4, -0.2) is 40.8 Å². The van der Waals surface area contributed by atoms with Crippen molar-refractivity contribution in [3.63, 3.8) is 0 Å². The number of carbonyl (C=O) groups excluding carboxylic acids is 2. The molecule has 1 aliphatic rings. The Morgan fingerprint density at radius 2 is 1.88 bits per heavy atom. The SMILES string of the molecule is O=C(N[C@H](Cc1ccccc1)C(=O)N1CCC[C@@H](c2nc3ccccc3s2)C1)c1cccs1. The minimum atomic E-state index is -0.601. The number of nitrogens with zero attached hydrogens (tertiary/aromatic N) is 2. The Balaban J connectivity index is 1.34. The molecular formula is C26H25N3O2S2. The number of hydrogen-bond acceptors (Lipinski definition) is 5. The number of amides is 2. The number of thiophene rings is 1. The first-order valence-corrected chi connectivity index (χ1v) is 12.9. The summed E-state index contributed by atoms with van der Waals surface area (Å²) in [6, 6.07) is 21.1. The molecule has 33 heavy (non-hydrogen) atoms. The molecule has 1 aliphatic heterocycles. The van der Waals surface area contributed by atoms with Crippen molar-refractivity contribution in [3.05, 3.63) is 87.6 Å². The molecule has 3 heterocycles. The van der Waals surface area contributed by atoms with Gasteiger partial charge < -0.3 is 10.2 Å². The zero-order valence-corrected chi connectivity index (χ0v) is 19.8. The van der Waals surface area contributed by atoms with Gasteiger partial charge >= 0.3 is 0 Å². The lowest BCUT2D eigenvalue weighted by Gasteiger charge is -2.34. The molecule has 1 fully saturated rings. The van der Waals surface area contributed by atoms with Gasteiger partial charge in [-0.15, -0.1) is 22.7 Å². The number of likely N-dealkylation sites (tertiary alicyclic amines) is 1. The third kappa shape index (κ3) is 4.99. The maximum absolute atomic E-state index is 13.7. The molecule has 168 valence electrons. The van der Waals surface area contributed by atoms with Crippen molar-refractivity contribution < 1.29 is 9.59 Å². The number of thiazole rings is 1. The molecule has 2 amide bonds. The fourth-order valence-electron chi connectivity index (χ4n) is 4.35. The molecule has 0 radical (unpaired) electrons. The summed E-state index contributed by atoms with van der Waals surface area (Å²) in [6.07, 6.45) is 2.43. The maximum atomic E-state index is 13.7. The third-order valence-electron chi connectivity index (χ3n) is 6.02. The van der Waals surface area contributed by atoms with Gasteiger partial charge in [-0.3, -0.25) is 9.59 Å². The van der Waals surface area contributed by atoms with Crippen LogP contribution in [0.3, 0.4) is 0 Å². The van der Waals surface area contributed by atoms with Crippen LogP contribution in [0.1, 0.15) is 39.0 Å². The van der Waals surface area contributed by atoms with E-state index in [1.54, 1.807) is 17.4 Å². The summed E-state index contributed by atoms with van der Waals surface area (Å²) in [5.41, 5.74) is 2.05. The number of piperidine rings is 1. The fraction of sp³-hybridized carbons (Fsp3) is 0.269. The normalized spacial score (nSPS) is 17.1. The summed E-state index contributed by atoms with van der Waals surface area (Å²) in [7, 11) is 0. The predicted molar refractivity (Wildman–Crippen MR) is 134 cm³/mol. The number of benzene rings is 2. The molecule has 2 aromatic carbocycles. The van der Waals surface area contributed by atoms with E-state index in [2.05, 4.69) is 11.4 Å². The van der Waals surface area contributed by atoms with Gasteiger partial charge in [0.05, 0.1) is 20.1 Å². The first-order valence-electron chi connectivity index (χ1n) is 11.2. The first kappa shape index (κ1) is 21.8. The largest absolute Gasteiger partial charge is 0.340 e. The van der Waals surface area contributed by atoms with E-state index >= 15 is 0 Å². The van der Waals surface area contributed by atoms with E-state index in [1.165, 1.54) is 16.0 Å². The quantitative estimate of drug-likeness (QED) is 0.422. The van der Waals surface area contributed by atoms with Crippen molar-refractivity contribution in [1.82, 2.24) is 15.2 Å². The number of para-hydroxylation sites is 1. The van der Waals surface area contributed by atoms with Crippen molar-refractivity contribution in [2.75, 3.05) is 13.1 Å². The van der Waals surface area contributed by atoms with Crippen LogP contribution < -0.4 is 5.32 Å². The first-order chi connectivity index (χ1) is 16.2. The van der Waals surface area contributed by atoms with Crippen LogP contribution in [0.15, 0.2) is 72.1 Å². The van der Waals surface area contributed by atoms with E-state index in [0.29, 0.717) is 24.4 Å². The van der Waals surface area contributed by atoms with E-state index in [1.807, 2.05) is 64.9 Å². The Morgan fingerprint density at radius 3 is 2.67 bits per heavy atom. The zero-order chi connectivity index (χ0) is 22.6. The number of nitrogens with one attached hydrogen (secondary N) is 1. The second kappa shape index (κ2) is 9.85. The number of fused-ring (bicyclic) bond motifs is 1. The Bertz CT molecular complexity index is 1200. The number of rotatable bonds is 6. The van der Waals surface area contributed by atoms with Crippen LogP contribution in [-0.2, 0) is 11.2 Å². The molecule has 2 atom stereocenters. The van der Waals surface area contributed by atoms with E-state index < -0.39 is 6.04 Å². The van der Waals surface area contributed by atoms with Crippen LogP contribution in [0.5, 0.6) is 0 Å². The molecule has 0 saturated carbocycles. The molecule has 4 aromatic rings. The van der Waals surface area contributed by atoms with Crippen molar-refractivity contribution in [3.8, 4) is 0 Å².